The molecule has 0 aromatic carbocycles. The Morgan fingerprint density at radius 3 is 1.86 bits per heavy atom. The van der Waals surface area contributed by atoms with Gasteiger partial charge in [0.15, 0.2) is 0 Å². The second kappa shape index (κ2) is 24.9. The summed E-state index contributed by atoms with van der Waals surface area (Å²) in [4.78, 5) is 35.9. The lowest BCUT2D eigenvalue weighted by molar-refractivity contribution is 0.000288. The van der Waals surface area contributed by atoms with E-state index in [2.05, 4.69) is 26.7 Å². The largest absolute Gasteiger partial charge is 0.477 e. The number of nitrogens with zero attached hydrogens (tertiary/aromatic N) is 5. The fourth-order valence-corrected chi connectivity index (χ4v) is 5.14. The predicted molar refractivity (Wildman–Crippen MR) is 189 cm³/mol. The van der Waals surface area contributed by atoms with Crippen molar-refractivity contribution in [2.24, 2.45) is 0 Å². The summed E-state index contributed by atoms with van der Waals surface area (Å²) in [5.41, 5.74) is 1.48. The molecular weight excluding hydrogens is 666 g/mol. The number of thioether (sulfide) groups is 1. The zero-order valence-electron chi connectivity index (χ0n) is 29.5. The summed E-state index contributed by atoms with van der Waals surface area (Å²) in [6, 6.07) is 10.1. The van der Waals surface area contributed by atoms with Crippen LogP contribution in [0.5, 0.6) is 0 Å². The Morgan fingerprint density at radius 2 is 1.38 bits per heavy atom. The molecule has 1 aliphatic rings. The van der Waals surface area contributed by atoms with Crippen molar-refractivity contribution in [3.63, 3.8) is 0 Å². The van der Waals surface area contributed by atoms with Crippen molar-refractivity contribution in [1.29, 1.82) is 5.26 Å². The van der Waals surface area contributed by atoms with Crippen molar-refractivity contribution in [2.75, 3.05) is 85.6 Å². The molecule has 1 fully saturated rings. The third-order valence-electron chi connectivity index (χ3n) is 7.61. The van der Waals surface area contributed by atoms with Gasteiger partial charge in [0.2, 0.25) is 0 Å². The Bertz CT molecular complexity index is 1290. The van der Waals surface area contributed by atoms with E-state index in [1.54, 1.807) is 12.1 Å². The molecule has 1 aliphatic heterocycles. The van der Waals surface area contributed by atoms with E-state index in [-0.39, 0.29) is 28.8 Å². The van der Waals surface area contributed by atoms with Gasteiger partial charge in [-0.05, 0) is 56.3 Å². The number of ether oxygens (including phenoxy) is 4. The van der Waals surface area contributed by atoms with E-state index in [0.29, 0.717) is 91.3 Å². The van der Waals surface area contributed by atoms with Crippen LogP contribution in [0.1, 0.15) is 78.4 Å². The average Bonchev–Trinajstić information content (AvgIpc) is 3.10. The summed E-state index contributed by atoms with van der Waals surface area (Å²) in [6.45, 7) is 12.6. The van der Waals surface area contributed by atoms with Gasteiger partial charge in [0.25, 0.3) is 0 Å². The number of aliphatic hydroxyl groups is 1. The van der Waals surface area contributed by atoms with Crippen molar-refractivity contribution in [3.05, 3.63) is 59.2 Å². The van der Waals surface area contributed by atoms with Crippen LogP contribution in [0.4, 0.5) is 0 Å². The molecule has 0 amide bonds. The molecule has 0 radical (unpaired) electrons. The van der Waals surface area contributed by atoms with Crippen LogP contribution in [-0.2, 0) is 25.5 Å². The van der Waals surface area contributed by atoms with Gasteiger partial charge in [0, 0.05) is 37.5 Å². The second-order valence-corrected chi connectivity index (χ2v) is 13.6. The Kier molecular flexibility index (Phi) is 21.4. The smallest absolute Gasteiger partial charge is 0.354 e. The molecule has 15 heteroatoms. The second-order valence-electron chi connectivity index (χ2n) is 12.1. The zero-order chi connectivity index (χ0) is 36.6. The fraction of sp³-hybridized carbons (Fsp3) is 0.629. The third-order valence-corrected chi connectivity index (χ3v) is 8.38. The first kappa shape index (κ1) is 43.0. The van der Waals surface area contributed by atoms with Crippen molar-refractivity contribution >= 4 is 23.7 Å². The number of carboxylic acids is 2. The molecule has 2 aromatic heterocycles. The molecule has 1 atom stereocenters. The van der Waals surface area contributed by atoms with E-state index >= 15 is 0 Å². The first-order valence-electron chi connectivity index (χ1n) is 16.9. The number of rotatable bonds is 11. The molecule has 278 valence electrons. The molecule has 3 N–H and O–H groups in total. The van der Waals surface area contributed by atoms with Crippen LogP contribution < -0.4 is 0 Å². The molecule has 1 unspecified atom stereocenters. The van der Waals surface area contributed by atoms with Crippen LogP contribution in [0, 0.1) is 10.7 Å². The normalized spacial score (nSPS) is 17.3. The van der Waals surface area contributed by atoms with Crippen molar-refractivity contribution in [3.8, 4) is 5.40 Å². The highest BCUT2D eigenvalue weighted by Gasteiger charge is 2.23. The van der Waals surface area contributed by atoms with Crippen LogP contribution in [-0.4, -0.2) is 137 Å². The van der Waals surface area contributed by atoms with Gasteiger partial charge in [-0.15, -0.1) is 0 Å². The number of pyridine rings is 2. The molecule has 50 heavy (non-hydrogen) atoms. The highest BCUT2D eigenvalue weighted by atomic mass is 32.2. The van der Waals surface area contributed by atoms with Gasteiger partial charge in [-0.1, -0.05) is 31.9 Å². The molecule has 3 heterocycles. The Hall–Kier alpha value is -3.20. The molecule has 0 aliphatic carbocycles. The number of hydrogen-bond acceptors (Lipinski definition) is 13. The standard InChI is InChI=1S/C30H44N4O8.C5H9NOS/c1-2-3-10-28(25-7-5-9-27(32-25)30(37)38)34-13-17-41-21-19-39-15-11-33(12-16-40-20-22-42-18-14-34)23-24-6-4-8-26(31-24)29(35)36;1-5(2,3-7)8-4-6/h4-9,28H,2-3,10-23H2,1H3,(H,35,36)(H,37,38);7H,3H2,1-2H3. The SMILES string of the molecule is CC(C)(CO)SC#N.CCCCC(c1cccc(C(=O)O)n1)N1CCOCCOCCN(Cc2cccc(C(=O)O)n2)CCOCCOCC1. The number of aromatic carboxylic acids is 2. The molecule has 0 spiro atoms. The van der Waals surface area contributed by atoms with Gasteiger partial charge in [-0.25, -0.2) is 19.6 Å². The highest BCUT2D eigenvalue weighted by Crippen LogP contribution is 2.25. The van der Waals surface area contributed by atoms with E-state index in [4.69, 9.17) is 29.3 Å². The summed E-state index contributed by atoms with van der Waals surface area (Å²) in [5.74, 6) is -2.09. The van der Waals surface area contributed by atoms with E-state index in [1.165, 1.54) is 12.1 Å². The number of nitriles is 1. The van der Waals surface area contributed by atoms with Crippen molar-refractivity contribution < 1.29 is 43.9 Å². The predicted octanol–water partition coefficient (Wildman–Crippen LogP) is 3.96. The maximum Gasteiger partial charge on any atom is 0.354 e. The minimum atomic E-state index is -1.05. The summed E-state index contributed by atoms with van der Waals surface area (Å²) in [6.07, 6.45) is 2.86. The van der Waals surface area contributed by atoms with E-state index in [1.807, 2.05) is 31.4 Å². The fourth-order valence-electron chi connectivity index (χ4n) is 4.83. The van der Waals surface area contributed by atoms with Gasteiger partial charge >= 0.3 is 11.9 Å². The summed E-state index contributed by atoms with van der Waals surface area (Å²) >= 11 is 1.09. The summed E-state index contributed by atoms with van der Waals surface area (Å²) in [5, 5.41) is 37.3. The molecule has 3 rings (SSSR count). The first-order chi connectivity index (χ1) is 24.1. The minimum Gasteiger partial charge on any atom is -0.477 e. The minimum absolute atomic E-state index is 0.0241. The van der Waals surface area contributed by atoms with E-state index in [9.17, 15) is 19.8 Å². The highest BCUT2D eigenvalue weighted by molar-refractivity contribution is 8.05. The molecular formula is C35H53N5O9S. The Labute approximate surface area is 299 Å². The first-order valence-corrected chi connectivity index (χ1v) is 17.8. The van der Waals surface area contributed by atoms with Crippen molar-refractivity contribution in [1.82, 2.24) is 19.8 Å². The van der Waals surface area contributed by atoms with Gasteiger partial charge < -0.3 is 34.3 Å². The van der Waals surface area contributed by atoms with Crippen LogP contribution >= 0.6 is 11.8 Å². The van der Waals surface area contributed by atoms with Crippen LogP contribution in [0.2, 0.25) is 0 Å². The monoisotopic (exact) mass is 719 g/mol. The number of thiocyanates is 1. The number of aliphatic hydroxyl groups excluding tert-OH is 1. The molecule has 14 nitrogen and oxygen atoms in total. The topological polar surface area (TPSA) is 188 Å². The van der Waals surface area contributed by atoms with Crippen LogP contribution in [0.3, 0.4) is 0 Å². The van der Waals surface area contributed by atoms with Gasteiger partial charge in [0.05, 0.1) is 76.9 Å². The van der Waals surface area contributed by atoms with Crippen molar-refractivity contribution in [2.45, 2.75) is 57.4 Å². The third kappa shape index (κ3) is 17.6. The summed E-state index contributed by atoms with van der Waals surface area (Å²) < 4.78 is 23.1. The average molecular weight is 720 g/mol. The van der Waals surface area contributed by atoms with Gasteiger partial charge in [-0.3, -0.25) is 9.80 Å². The maximum absolute atomic E-state index is 11.5. The molecule has 1 saturated heterocycles. The summed E-state index contributed by atoms with van der Waals surface area (Å²) in [7, 11) is 0. The number of hydrogen-bond donors (Lipinski definition) is 3. The number of aromatic nitrogens is 2. The number of unbranched alkanes of at least 4 members (excludes halogenated alkanes) is 1. The number of carboxylic acid groups (broad SMARTS) is 2. The molecule has 0 bridgehead atoms. The van der Waals surface area contributed by atoms with Gasteiger partial charge in [-0.2, -0.15) is 5.26 Å². The van der Waals surface area contributed by atoms with E-state index in [0.717, 1.165) is 36.7 Å². The zero-order valence-corrected chi connectivity index (χ0v) is 30.3. The van der Waals surface area contributed by atoms with Crippen LogP contribution in [0.15, 0.2) is 36.4 Å². The quantitative estimate of drug-likeness (QED) is 0.283. The molecule has 2 aromatic rings. The number of carbonyl (C=O) groups is 2. The lowest BCUT2D eigenvalue weighted by atomic mass is 10.0. The molecule has 0 saturated carbocycles. The Morgan fingerprint density at radius 1 is 0.860 bits per heavy atom. The maximum atomic E-state index is 11.5. The Balaban J connectivity index is 0.000000963. The van der Waals surface area contributed by atoms with Crippen LogP contribution in [0.25, 0.3) is 0 Å². The van der Waals surface area contributed by atoms with Gasteiger partial charge in [0.1, 0.15) is 16.8 Å². The lowest BCUT2D eigenvalue weighted by Gasteiger charge is -2.31. The van der Waals surface area contributed by atoms with E-state index < -0.39 is 11.9 Å². The lowest BCUT2D eigenvalue weighted by Crippen LogP contribution is -2.36.